The molecule has 0 unspecified atom stereocenters. The SMILES string of the molecule is C1=Cc2c3c(ccc2=NO1)=CCN3. The Morgan fingerprint density at radius 2 is 2.38 bits per heavy atom. The summed E-state index contributed by atoms with van der Waals surface area (Å²) in [5.74, 6) is 0. The predicted octanol–water partition coefficient (Wildman–Crippen LogP) is 0.428. The van der Waals surface area contributed by atoms with E-state index in [0.29, 0.717) is 0 Å². The fraction of sp³-hybridized carbons (Fsp3) is 0.100. The third-order valence-corrected chi connectivity index (χ3v) is 2.30. The maximum absolute atomic E-state index is 4.86. The van der Waals surface area contributed by atoms with Gasteiger partial charge in [0.2, 0.25) is 0 Å². The van der Waals surface area contributed by atoms with Crippen molar-refractivity contribution in [2.75, 3.05) is 11.9 Å². The van der Waals surface area contributed by atoms with Crippen molar-refractivity contribution in [3.63, 3.8) is 0 Å². The molecule has 2 heterocycles. The molecule has 3 rings (SSSR count). The summed E-state index contributed by atoms with van der Waals surface area (Å²) in [4.78, 5) is 4.86. The van der Waals surface area contributed by atoms with Crippen LogP contribution < -0.4 is 15.9 Å². The zero-order valence-corrected chi connectivity index (χ0v) is 6.95. The van der Waals surface area contributed by atoms with Gasteiger partial charge in [0.25, 0.3) is 0 Å². The Labute approximate surface area is 75.0 Å². The van der Waals surface area contributed by atoms with Crippen LogP contribution in [0.3, 0.4) is 0 Å². The Kier molecular flexibility index (Phi) is 1.22. The van der Waals surface area contributed by atoms with Gasteiger partial charge in [-0.15, -0.1) is 0 Å². The summed E-state index contributed by atoms with van der Waals surface area (Å²) in [7, 11) is 0. The number of rotatable bonds is 0. The maximum Gasteiger partial charge on any atom is 0.122 e. The van der Waals surface area contributed by atoms with E-state index in [2.05, 4.69) is 22.6 Å². The van der Waals surface area contributed by atoms with Gasteiger partial charge in [-0.3, -0.25) is 0 Å². The lowest BCUT2D eigenvalue weighted by Crippen LogP contribution is -2.16. The van der Waals surface area contributed by atoms with Crippen LogP contribution in [0.4, 0.5) is 5.69 Å². The molecule has 64 valence electrons. The summed E-state index contributed by atoms with van der Waals surface area (Å²) in [5, 5.41) is 9.38. The Morgan fingerprint density at radius 1 is 1.38 bits per heavy atom. The third kappa shape index (κ3) is 0.869. The van der Waals surface area contributed by atoms with Crippen molar-refractivity contribution in [1.82, 2.24) is 0 Å². The van der Waals surface area contributed by atoms with Gasteiger partial charge in [0, 0.05) is 12.1 Å². The topological polar surface area (TPSA) is 33.6 Å². The maximum atomic E-state index is 4.86. The van der Waals surface area contributed by atoms with Crippen LogP contribution in [0.1, 0.15) is 5.56 Å². The predicted molar refractivity (Wildman–Crippen MR) is 50.3 cm³/mol. The minimum Gasteiger partial charge on any atom is -0.381 e. The highest BCUT2D eigenvalue weighted by atomic mass is 16.6. The minimum absolute atomic E-state index is 0.893. The molecule has 1 aromatic rings. The fourth-order valence-electron chi connectivity index (χ4n) is 1.69. The lowest BCUT2D eigenvalue weighted by atomic mass is 10.1. The lowest BCUT2D eigenvalue weighted by molar-refractivity contribution is 0.253. The summed E-state index contributed by atoms with van der Waals surface area (Å²) < 4.78 is 0. The summed E-state index contributed by atoms with van der Waals surface area (Å²) in [6.07, 6.45) is 5.70. The van der Waals surface area contributed by atoms with Gasteiger partial charge in [-0.1, -0.05) is 17.3 Å². The molecule has 0 atom stereocenters. The molecule has 0 amide bonds. The van der Waals surface area contributed by atoms with E-state index in [1.807, 2.05) is 12.1 Å². The molecule has 0 bridgehead atoms. The molecule has 0 spiro atoms. The molecule has 1 aromatic carbocycles. The Bertz CT molecular complexity index is 502. The van der Waals surface area contributed by atoms with Gasteiger partial charge in [-0.25, -0.2) is 0 Å². The van der Waals surface area contributed by atoms with Crippen molar-refractivity contribution >= 4 is 17.8 Å². The van der Waals surface area contributed by atoms with Crippen LogP contribution in [-0.4, -0.2) is 6.54 Å². The molecule has 1 N–H and O–H groups in total. The number of anilines is 1. The van der Waals surface area contributed by atoms with Crippen LogP contribution in [0.25, 0.3) is 12.2 Å². The highest BCUT2D eigenvalue weighted by Crippen LogP contribution is 2.12. The van der Waals surface area contributed by atoms with E-state index in [1.54, 1.807) is 6.26 Å². The summed E-state index contributed by atoms with van der Waals surface area (Å²) >= 11 is 0. The molecule has 0 saturated heterocycles. The van der Waals surface area contributed by atoms with Gasteiger partial charge in [0.05, 0.1) is 5.69 Å². The van der Waals surface area contributed by atoms with Crippen LogP contribution in [0, 0.1) is 0 Å². The van der Waals surface area contributed by atoms with Crippen molar-refractivity contribution in [3.05, 3.63) is 34.5 Å². The van der Waals surface area contributed by atoms with Gasteiger partial charge in [0.1, 0.15) is 11.6 Å². The van der Waals surface area contributed by atoms with Crippen molar-refractivity contribution in [2.45, 2.75) is 0 Å². The molecule has 3 nitrogen and oxygen atoms in total. The average Bonchev–Trinajstić information content (AvgIpc) is 2.65. The Hall–Kier alpha value is -1.77. The average molecular weight is 172 g/mol. The largest absolute Gasteiger partial charge is 0.381 e. The zero-order chi connectivity index (χ0) is 8.67. The second-order valence-electron chi connectivity index (χ2n) is 3.05. The van der Waals surface area contributed by atoms with Crippen LogP contribution in [0.15, 0.2) is 23.6 Å². The highest BCUT2D eigenvalue weighted by Gasteiger charge is 2.09. The van der Waals surface area contributed by atoms with E-state index in [4.69, 9.17) is 4.84 Å². The second kappa shape index (κ2) is 2.36. The molecule has 0 saturated carbocycles. The molecule has 2 aliphatic rings. The monoisotopic (exact) mass is 172 g/mol. The smallest absolute Gasteiger partial charge is 0.122 e. The second-order valence-corrected chi connectivity index (χ2v) is 3.05. The van der Waals surface area contributed by atoms with E-state index in [0.717, 1.165) is 17.5 Å². The van der Waals surface area contributed by atoms with Crippen LogP contribution >= 0.6 is 0 Å². The summed E-state index contributed by atoms with van der Waals surface area (Å²) in [6, 6.07) is 4.03. The van der Waals surface area contributed by atoms with Gasteiger partial charge < -0.3 is 10.2 Å². The molecule has 13 heavy (non-hydrogen) atoms. The van der Waals surface area contributed by atoms with Crippen molar-refractivity contribution in [1.29, 1.82) is 0 Å². The van der Waals surface area contributed by atoms with Crippen LogP contribution in [-0.2, 0) is 4.84 Å². The Balaban J connectivity index is 2.44. The van der Waals surface area contributed by atoms with Gasteiger partial charge in [0.15, 0.2) is 0 Å². The van der Waals surface area contributed by atoms with Gasteiger partial charge >= 0.3 is 0 Å². The van der Waals surface area contributed by atoms with Crippen LogP contribution in [0.2, 0.25) is 0 Å². The molecule has 0 aromatic heterocycles. The summed E-state index contributed by atoms with van der Waals surface area (Å²) in [6.45, 7) is 0.903. The van der Waals surface area contributed by atoms with Gasteiger partial charge in [-0.2, -0.15) is 0 Å². The molecular weight excluding hydrogens is 164 g/mol. The first kappa shape index (κ1) is 6.71. The molecule has 0 fully saturated rings. The van der Waals surface area contributed by atoms with E-state index < -0.39 is 0 Å². The number of benzene rings is 1. The first-order chi connectivity index (χ1) is 6.45. The van der Waals surface area contributed by atoms with Crippen molar-refractivity contribution in [3.8, 4) is 0 Å². The lowest BCUT2D eigenvalue weighted by Gasteiger charge is -2.06. The Morgan fingerprint density at radius 3 is 3.38 bits per heavy atom. The fourth-order valence-corrected chi connectivity index (χ4v) is 1.69. The first-order valence-electron chi connectivity index (χ1n) is 4.23. The number of hydrogen-bond acceptors (Lipinski definition) is 3. The molecule has 0 radical (unpaired) electrons. The zero-order valence-electron chi connectivity index (χ0n) is 6.95. The normalized spacial score (nSPS) is 16.0. The molecule has 3 heteroatoms. The first-order valence-corrected chi connectivity index (χ1v) is 4.23. The number of fused-ring (bicyclic) bond motifs is 3. The van der Waals surface area contributed by atoms with E-state index in [9.17, 15) is 0 Å². The number of hydrogen-bond donors (Lipinski definition) is 1. The van der Waals surface area contributed by atoms with Crippen LogP contribution in [0.5, 0.6) is 0 Å². The van der Waals surface area contributed by atoms with Crippen molar-refractivity contribution in [2.24, 2.45) is 5.16 Å². The molecular formula is C10H8N2O. The van der Waals surface area contributed by atoms with E-state index >= 15 is 0 Å². The van der Waals surface area contributed by atoms with Gasteiger partial charge in [-0.05, 0) is 17.4 Å². The number of nitrogens with one attached hydrogen (secondary N) is 1. The van der Waals surface area contributed by atoms with Crippen molar-refractivity contribution < 1.29 is 4.84 Å². The highest BCUT2D eigenvalue weighted by molar-refractivity contribution is 5.71. The number of nitrogens with zero attached hydrogens (tertiary/aromatic N) is 1. The quantitative estimate of drug-likeness (QED) is 0.615. The standard InChI is InChI=1S/C10H8N2O/c1-2-9-8(4-6-13-12-9)10-7(1)3-5-11-10/h1-4,6,11H,5H2. The molecule has 0 aliphatic carbocycles. The van der Waals surface area contributed by atoms with E-state index in [-0.39, 0.29) is 0 Å². The minimum atomic E-state index is 0.893. The third-order valence-electron chi connectivity index (χ3n) is 2.30. The molecule has 2 aliphatic heterocycles. The summed E-state index contributed by atoms with van der Waals surface area (Å²) in [5.41, 5.74) is 2.29. The van der Waals surface area contributed by atoms with E-state index in [1.165, 1.54) is 10.9 Å².